The standard InChI is InChI=1S/C16H22N4O/c1-3-4-5-6-7-8-9-18-16(21)14-15-19-13(2)12-20(15)11-10-17-14/h3,10-12H,1,4-9H2,2H3,(H,18,21). The van der Waals surface area contributed by atoms with Crippen LogP contribution in [-0.4, -0.2) is 26.8 Å². The number of allylic oxidation sites excluding steroid dienone is 1. The molecule has 112 valence electrons. The molecule has 21 heavy (non-hydrogen) atoms. The molecule has 0 radical (unpaired) electrons. The van der Waals surface area contributed by atoms with Crippen molar-refractivity contribution in [3.63, 3.8) is 0 Å². The number of nitrogens with one attached hydrogen (secondary N) is 1. The molecule has 2 aromatic heterocycles. The number of aryl methyl sites for hydroxylation is 1. The van der Waals surface area contributed by atoms with Crippen LogP contribution >= 0.6 is 0 Å². The Labute approximate surface area is 125 Å². The fourth-order valence-electron chi connectivity index (χ4n) is 2.26. The first-order chi connectivity index (χ1) is 10.2. The van der Waals surface area contributed by atoms with Gasteiger partial charge in [-0.25, -0.2) is 9.97 Å². The molecule has 0 aromatic carbocycles. The zero-order valence-electron chi connectivity index (χ0n) is 12.5. The van der Waals surface area contributed by atoms with Gasteiger partial charge in [0.25, 0.3) is 5.91 Å². The Hall–Kier alpha value is -2.17. The van der Waals surface area contributed by atoms with Crippen LogP contribution in [0.1, 0.15) is 48.3 Å². The lowest BCUT2D eigenvalue weighted by Gasteiger charge is -2.05. The summed E-state index contributed by atoms with van der Waals surface area (Å²) in [4.78, 5) is 20.7. The molecule has 0 saturated heterocycles. The van der Waals surface area contributed by atoms with Crippen molar-refractivity contribution in [2.45, 2.75) is 39.0 Å². The third-order valence-corrected chi connectivity index (χ3v) is 3.33. The Morgan fingerprint density at radius 2 is 2.19 bits per heavy atom. The van der Waals surface area contributed by atoms with Gasteiger partial charge in [0.05, 0.1) is 5.69 Å². The average molecular weight is 286 g/mol. The maximum absolute atomic E-state index is 12.2. The SMILES string of the molecule is C=CCCCCCCNC(=O)c1nccn2cc(C)nc12. The van der Waals surface area contributed by atoms with E-state index in [1.54, 1.807) is 12.4 Å². The van der Waals surface area contributed by atoms with Crippen molar-refractivity contribution in [2.24, 2.45) is 0 Å². The summed E-state index contributed by atoms with van der Waals surface area (Å²) >= 11 is 0. The third kappa shape index (κ3) is 4.15. The van der Waals surface area contributed by atoms with Gasteiger partial charge in [0.15, 0.2) is 11.3 Å². The van der Waals surface area contributed by atoms with E-state index in [9.17, 15) is 4.79 Å². The van der Waals surface area contributed by atoms with Gasteiger partial charge in [-0.1, -0.05) is 18.9 Å². The molecule has 0 aliphatic rings. The van der Waals surface area contributed by atoms with Crippen molar-refractivity contribution in [3.8, 4) is 0 Å². The molecule has 0 atom stereocenters. The number of rotatable bonds is 8. The number of carbonyl (C=O) groups is 1. The lowest BCUT2D eigenvalue weighted by molar-refractivity contribution is 0.0949. The lowest BCUT2D eigenvalue weighted by atomic mass is 10.1. The Morgan fingerprint density at radius 1 is 1.38 bits per heavy atom. The van der Waals surface area contributed by atoms with Gasteiger partial charge in [0.1, 0.15) is 0 Å². The van der Waals surface area contributed by atoms with Gasteiger partial charge in [-0.3, -0.25) is 4.79 Å². The second-order valence-electron chi connectivity index (χ2n) is 5.14. The fourth-order valence-corrected chi connectivity index (χ4v) is 2.26. The molecule has 0 aliphatic carbocycles. The van der Waals surface area contributed by atoms with E-state index in [1.807, 2.05) is 23.6 Å². The van der Waals surface area contributed by atoms with E-state index in [0.717, 1.165) is 25.0 Å². The number of carbonyl (C=O) groups excluding carboxylic acids is 1. The second kappa shape index (κ2) is 7.57. The normalized spacial score (nSPS) is 10.7. The largest absolute Gasteiger partial charge is 0.351 e. The minimum absolute atomic E-state index is 0.155. The van der Waals surface area contributed by atoms with Crippen molar-refractivity contribution in [1.29, 1.82) is 0 Å². The van der Waals surface area contributed by atoms with E-state index >= 15 is 0 Å². The summed E-state index contributed by atoms with van der Waals surface area (Å²) < 4.78 is 1.83. The van der Waals surface area contributed by atoms with Crippen LogP contribution in [0.2, 0.25) is 0 Å². The molecular weight excluding hydrogens is 264 g/mol. The highest BCUT2D eigenvalue weighted by atomic mass is 16.1. The van der Waals surface area contributed by atoms with Gasteiger partial charge < -0.3 is 9.72 Å². The van der Waals surface area contributed by atoms with Gasteiger partial charge in [0.2, 0.25) is 0 Å². The molecule has 2 aromatic rings. The highest BCUT2D eigenvalue weighted by molar-refractivity contribution is 5.97. The van der Waals surface area contributed by atoms with Crippen LogP contribution in [0.25, 0.3) is 5.65 Å². The van der Waals surface area contributed by atoms with E-state index in [1.165, 1.54) is 12.8 Å². The number of hydrogen-bond acceptors (Lipinski definition) is 3. The molecule has 0 fully saturated rings. The molecule has 0 aliphatic heterocycles. The first kappa shape index (κ1) is 15.2. The summed E-state index contributed by atoms with van der Waals surface area (Å²) in [5.41, 5.74) is 1.87. The summed E-state index contributed by atoms with van der Waals surface area (Å²) in [5.74, 6) is -0.155. The molecule has 2 rings (SSSR count). The van der Waals surface area contributed by atoms with Crippen molar-refractivity contribution in [2.75, 3.05) is 6.54 Å². The van der Waals surface area contributed by atoms with Crippen molar-refractivity contribution in [3.05, 3.63) is 42.6 Å². The quantitative estimate of drug-likeness (QED) is 0.599. The van der Waals surface area contributed by atoms with Crippen LogP contribution in [0.5, 0.6) is 0 Å². The maximum atomic E-state index is 12.2. The first-order valence-electron chi connectivity index (χ1n) is 7.42. The number of fused-ring (bicyclic) bond motifs is 1. The van der Waals surface area contributed by atoms with Gasteiger partial charge in [-0.05, 0) is 26.2 Å². The zero-order valence-corrected chi connectivity index (χ0v) is 12.5. The fraction of sp³-hybridized carbons (Fsp3) is 0.438. The lowest BCUT2D eigenvalue weighted by Crippen LogP contribution is -2.26. The van der Waals surface area contributed by atoms with Crippen LogP contribution in [0.4, 0.5) is 0 Å². The molecule has 5 heteroatoms. The Kier molecular flexibility index (Phi) is 5.49. The highest BCUT2D eigenvalue weighted by Gasteiger charge is 2.13. The molecule has 0 spiro atoms. The third-order valence-electron chi connectivity index (χ3n) is 3.33. The highest BCUT2D eigenvalue weighted by Crippen LogP contribution is 2.08. The van der Waals surface area contributed by atoms with Crippen molar-refractivity contribution >= 4 is 11.6 Å². The smallest absolute Gasteiger partial charge is 0.273 e. The van der Waals surface area contributed by atoms with Crippen LogP contribution in [-0.2, 0) is 0 Å². The maximum Gasteiger partial charge on any atom is 0.273 e. The number of amides is 1. The van der Waals surface area contributed by atoms with Gasteiger partial charge in [-0.2, -0.15) is 0 Å². The summed E-state index contributed by atoms with van der Waals surface area (Å²) in [7, 11) is 0. The monoisotopic (exact) mass is 286 g/mol. The van der Waals surface area contributed by atoms with E-state index in [2.05, 4.69) is 21.9 Å². The van der Waals surface area contributed by atoms with E-state index in [4.69, 9.17) is 0 Å². The Balaban J connectivity index is 1.84. The van der Waals surface area contributed by atoms with E-state index < -0.39 is 0 Å². The summed E-state index contributed by atoms with van der Waals surface area (Å²) in [6.07, 6.45) is 12.8. The molecule has 0 saturated carbocycles. The van der Waals surface area contributed by atoms with E-state index in [-0.39, 0.29) is 5.91 Å². The molecule has 1 N–H and O–H groups in total. The molecule has 0 bridgehead atoms. The van der Waals surface area contributed by atoms with E-state index in [0.29, 0.717) is 17.9 Å². The Bertz CT molecular complexity index is 618. The summed E-state index contributed by atoms with van der Waals surface area (Å²) in [5, 5.41) is 2.92. The van der Waals surface area contributed by atoms with Gasteiger partial charge in [-0.15, -0.1) is 6.58 Å². The van der Waals surface area contributed by atoms with Crippen molar-refractivity contribution in [1.82, 2.24) is 19.7 Å². The molecule has 2 heterocycles. The van der Waals surface area contributed by atoms with Gasteiger partial charge >= 0.3 is 0 Å². The number of nitrogens with zero attached hydrogens (tertiary/aromatic N) is 3. The number of hydrogen-bond donors (Lipinski definition) is 1. The summed E-state index contributed by atoms with van der Waals surface area (Å²) in [6.45, 7) is 6.28. The molecular formula is C16H22N4O. The number of imidazole rings is 1. The van der Waals surface area contributed by atoms with Crippen molar-refractivity contribution < 1.29 is 4.79 Å². The second-order valence-corrected chi connectivity index (χ2v) is 5.14. The molecule has 5 nitrogen and oxygen atoms in total. The van der Waals surface area contributed by atoms with Crippen LogP contribution in [0.3, 0.4) is 0 Å². The molecule has 1 amide bonds. The minimum Gasteiger partial charge on any atom is -0.351 e. The first-order valence-corrected chi connectivity index (χ1v) is 7.42. The van der Waals surface area contributed by atoms with Crippen LogP contribution in [0, 0.1) is 6.92 Å². The predicted molar refractivity (Wildman–Crippen MR) is 83.3 cm³/mol. The minimum atomic E-state index is -0.155. The predicted octanol–water partition coefficient (Wildman–Crippen LogP) is 2.90. The number of aromatic nitrogens is 3. The summed E-state index contributed by atoms with van der Waals surface area (Å²) in [6, 6.07) is 0. The number of unbranched alkanes of at least 4 members (excludes halogenated alkanes) is 4. The average Bonchev–Trinajstić information content (AvgIpc) is 2.86. The Morgan fingerprint density at radius 3 is 3.00 bits per heavy atom. The molecule has 0 unspecified atom stereocenters. The zero-order chi connectivity index (χ0) is 15.1. The van der Waals surface area contributed by atoms with Crippen LogP contribution < -0.4 is 5.32 Å². The topological polar surface area (TPSA) is 59.3 Å². The van der Waals surface area contributed by atoms with Gasteiger partial charge in [0, 0.05) is 25.1 Å². The van der Waals surface area contributed by atoms with Crippen LogP contribution in [0.15, 0.2) is 31.2 Å².